The summed E-state index contributed by atoms with van der Waals surface area (Å²) in [6, 6.07) is 13.6. The topological polar surface area (TPSA) is 105 Å². The van der Waals surface area contributed by atoms with Gasteiger partial charge in [-0.2, -0.15) is 0 Å². The highest BCUT2D eigenvalue weighted by Gasteiger charge is 2.30. The number of amides is 1. The van der Waals surface area contributed by atoms with Gasteiger partial charge in [0.25, 0.3) is 5.91 Å². The normalized spacial score (nSPS) is 14.4. The number of hydrogen-bond acceptors (Lipinski definition) is 5. The first kappa shape index (κ1) is 18.9. The first-order chi connectivity index (χ1) is 14.0. The second kappa shape index (κ2) is 7.87. The summed E-state index contributed by atoms with van der Waals surface area (Å²) >= 11 is 0. The predicted molar refractivity (Wildman–Crippen MR) is 106 cm³/mol. The van der Waals surface area contributed by atoms with Crippen molar-refractivity contribution in [1.29, 1.82) is 0 Å². The lowest BCUT2D eigenvalue weighted by atomic mass is 10.1. The molecule has 7 nitrogen and oxygen atoms in total. The van der Waals surface area contributed by atoms with Crippen molar-refractivity contribution in [2.24, 2.45) is 5.92 Å². The van der Waals surface area contributed by atoms with Crippen LogP contribution in [0.25, 0.3) is 22.9 Å². The highest BCUT2D eigenvalue weighted by atomic mass is 16.4. The number of nitrogens with zero attached hydrogens (tertiary/aromatic N) is 2. The minimum absolute atomic E-state index is 0.352. The molecule has 1 heterocycles. The third-order valence-electron chi connectivity index (χ3n) is 4.99. The number of carboxylic acid groups (broad SMARTS) is 1. The lowest BCUT2D eigenvalue weighted by Gasteiger charge is -2.14. The van der Waals surface area contributed by atoms with E-state index in [-0.39, 0.29) is 0 Å². The van der Waals surface area contributed by atoms with E-state index in [0.717, 1.165) is 24.0 Å². The molecular weight excluding hydrogens is 370 g/mol. The summed E-state index contributed by atoms with van der Waals surface area (Å²) in [5, 5.41) is 20.1. The van der Waals surface area contributed by atoms with Gasteiger partial charge in [0.05, 0.1) is 0 Å². The van der Waals surface area contributed by atoms with Crippen LogP contribution in [0.3, 0.4) is 0 Å². The summed E-state index contributed by atoms with van der Waals surface area (Å²) in [6.45, 7) is 2.01. The molecule has 0 aliphatic heterocycles. The highest BCUT2D eigenvalue weighted by molar-refractivity contribution is 5.96. The largest absolute Gasteiger partial charge is 0.480 e. The number of benzene rings is 2. The fourth-order valence-corrected chi connectivity index (χ4v) is 3.07. The molecule has 4 rings (SSSR count). The maximum atomic E-state index is 12.4. The molecule has 2 aromatic carbocycles. The second-order valence-electron chi connectivity index (χ2n) is 7.40. The molecule has 1 aliphatic carbocycles. The van der Waals surface area contributed by atoms with E-state index in [0.29, 0.717) is 35.2 Å². The van der Waals surface area contributed by atoms with Crippen LogP contribution in [-0.4, -0.2) is 33.2 Å². The maximum absolute atomic E-state index is 12.4. The Labute approximate surface area is 167 Å². The molecule has 7 heteroatoms. The molecule has 29 heavy (non-hydrogen) atoms. The van der Waals surface area contributed by atoms with Gasteiger partial charge in [-0.15, -0.1) is 10.2 Å². The SMILES string of the molecule is Cc1ccc(-c2nnc(-c3ccc(C(=O)NC(CC4CC4)C(=O)O)cc3)o2)cc1. The summed E-state index contributed by atoms with van der Waals surface area (Å²) in [4.78, 5) is 23.8. The molecule has 0 saturated heterocycles. The summed E-state index contributed by atoms with van der Waals surface area (Å²) in [5.41, 5.74) is 3.04. The van der Waals surface area contributed by atoms with Crippen molar-refractivity contribution >= 4 is 11.9 Å². The van der Waals surface area contributed by atoms with Crippen molar-refractivity contribution in [3.8, 4) is 22.9 Å². The predicted octanol–water partition coefficient (Wildman–Crippen LogP) is 3.70. The summed E-state index contributed by atoms with van der Waals surface area (Å²) < 4.78 is 5.74. The minimum atomic E-state index is -1.00. The van der Waals surface area contributed by atoms with Crippen molar-refractivity contribution < 1.29 is 19.1 Å². The van der Waals surface area contributed by atoms with Gasteiger partial charge in [-0.1, -0.05) is 30.5 Å². The molecule has 1 aliphatic rings. The maximum Gasteiger partial charge on any atom is 0.326 e. The van der Waals surface area contributed by atoms with E-state index in [1.54, 1.807) is 24.3 Å². The van der Waals surface area contributed by atoms with Gasteiger partial charge in [0.1, 0.15) is 6.04 Å². The molecule has 1 atom stereocenters. The minimum Gasteiger partial charge on any atom is -0.480 e. The van der Waals surface area contributed by atoms with Crippen LogP contribution in [0, 0.1) is 12.8 Å². The summed E-state index contributed by atoms with van der Waals surface area (Å²) in [5.74, 6) is -0.234. The Balaban J connectivity index is 1.45. The van der Waals surface area contributed by atoms with E-state index in [1.165, 1.54) is 0 Å². The van der Waals surface area contributed by atoms with Crippen molar-refractivity contribution in [1.82, 2.24) is 15.5 Å². The van der Waals surface area contributed by atoms with Crippen LogP contribution in [0.4, 0.5) is 0 Å². The Bertz CT molecular complexity index is 1020. The quantitative estimate of drug-likeness (QED) is 0.636. The van der Waals surface area contributed by atoms with E-state index in [4.69, 9.17) is 4.42 Å². The zero-order chi connectivity index (χ0) is 20.4. The molecular formula is C22H21N3O4. The Hall–Kier alpha value is -3.48. The number of carboxylic acids is 1. The molecule has 1 amide bonds. The third-order valence-corrected chi connectivity index (χ3v) is 4.99. The smallest absolute Gasteiger partial charge is 0.326 e. The number of carbonyl (C=O) groups excluding carboxylic acids is 1. The van der Waals surface area contributed by atoms with Crippen LogP contribution >= 0.6 is 0 Å². The highest BCUT2D eigenvalue weighted by Crippen LogP contribution is 2.33. The van der Waals surface area contributed by atoms with Gasteiger partial charge in [0, 0.05) is 16.7 Å². The Kier molecular flexibility index (Phi) is 5.12. The van der Waals surface area contributed by atoms with Gasteiger partial charge >= 0.3 is 5.97 Å². The van der Waals surface area contributed by atoms with Crippen LogP contribution in [0.5, 0.6) is 0 Å². The second-order valence-corrected chi connectivity index (χ2v) is 7.40. The van der Waals surface area contributed by atoms with Crippen LogP contribution in [0.2, 0.25) is 0 Å². The van der Waals surface area contributed by atoms with Crippen molar-refractivity contribution in [3.05, 3.63) is 59.7 Å². The summed E-state index contributed by atoms with van der Waals surface area (Å²) in [7, 11) is 0. The fraction of sp³-hybridized carbons (Fsp3) is 0.273. The van der Waals surface area contributed by atoms with Gasteiger partial charge in [-0.05, 0) is 55.7 Å². The Morgan fingerprint density at radius 1 is 1.03 bits per heavy atom. The van der Waals surface area contributed by atoms with E-state index >= 15 is 0 Å². The number of aliphatic carboxylic acids is 1. The number of rotatable bonds is 7. The lowest BCUT2D eigenvalue weighted by molar-refractivity contribution is -0.139. The van der Waals surface area contributed by atoms with Gasteiger partial charge in [0.2, 0.25) is 11.8 Å². The third kappa shape index (κ3) is 4.51. The lowest BCUT2D eigenvalue weighted by Crippen LogP contribution is -2.41. The fourth-order valence-electron chi connectivity index (χ4n) is 3.07. The molecule has 0 spiro atoms. The average molecular weight is 391 g/mol. The Morgan fingerprint density at radius 2 is 1.59 bits per heavy atom. The number of aromatic nitrogens is 2. The van der Waals surface area contributed by atoms with Crippen LogP contribution in [0.15, 0.2) is 52.9 Å². The molecule has 2 N–H and O–H groups in total. The molecule has 0 bridgehead atoms. The standard InChI is InChI=1S/C22H21N3O4/c1-13-2-6-16(7-3-13)20-24-25-21(29-20)17-10-8-15(9-11-17)19(26)23-18(22(27)28)12-14-4-5-14/h2-3,6-11,14,18H,4-5,12H2,1H3,(H,23,26)(H,27,28). The molecule has 0 radical (unpaired) electrons. The molecule has 148 valence electrons. The number of aryl methyl sites for hydroxylation is 1. The Morgan fingerprint density at radius 3 is 2.10 bits per heavy atom. The van der Waals surface area contributed by atoms with Gasteiger partial charge < -0.3 is 14.8 Å². The number of nitrogens with one attached hydrogen (secondary N) is 1. The molecule has 1 aromatic heterocycles. The van der Waals surface area contributed by atoms with Crippen LogP contribution in [0.1, 0.15) is 35.2 Å². The average Bonchev–Trinajstić information content (AvgIpc) is 3.40. The van der Waals surface area contributed by atoms with Crippen LogP contribution < -0.4 is 5.32 Å². The van der Waals surface area contributed by atoms with Gasteiger partial charge in [-0.3, -0.25) is 4.79 Å². The zero-order valence-corrected chi connectivity index (χ0v) is 16.0. The molecule has 1 saturated carbocycles. The monoisotopic (exact) mass is 391 g/mol. The molecule has 1 unspecified atom stereocenters. The molecule has 1 fully saturated rings. The first-order valence-electron chi connectivity index (χ1n) is 9.54. The van der Waals surface area contributed by atoms with E-state index in [1.807, 2.05) is 31.2 Å². The number of hydrogen-bond donors (Lipinski definition) is 2. The van der Waals surface area contributed by atoms with Crippen molar-refractivity contribution in [2.75, 3.05) is 0 Å². The van der Waals surface area contributed by atoms with E-state index < -0.39 is 17.9 Å². The van der Waals surface area contributed by atoms with E-state index in [2.05, 4.69) is 15.5 Å². The molecule has 3 aromatic rings. The number of carbonyl (C=O) groups is 2. The van der Waals surface area contributed by atoms with Crippen LogP contribution in [-0.2, 0) is 4.79 Å². The van der Waals surface area contributed by atoms with Gasteiger partial charge in [0.15, 0.2) is 0 Å². The van der Waals surface area contributed by atoms with Crippen molar-refractivity contribution in [3.63, 3.8) is 0 Å². The van der Waals surface area contributed by atoms with Gasteiger partial charge in [-0.25, -0.2) is 4.79 Å². The zero-order valence-electron chi connectivity index (χ0n) is 16.0. The first-order valence-corrected chi connectivity index (χ1v) is 9.54. The van der Waals surface area contributed by atoms with Crippen molar-refractivity contribution in [2.45, 2.75) is 32.2 Å². The summed E-state index contributed by atoms with van der Waals surface area (Å²) in [6.07, 6.45) is 2.54. The van der Waals surface area contributed by atoms with E-state index in [9.17, 15) is 14.7 Å².